The van der Waals surface area contributed by atoms with Gasteiger partial charge in [0.1, 0.15) is 6.61 Å². The van der Waals surface area contributed by atoms with Crippen LogP contribution in [0.4, 0.5) is 0 Å². The summed E-state index contributed by atoms with van der Waals surface area (Å²) in [5, 5.41) is 0. The van der Waals surface area contributed by atoms with Gasteiger partial charge in [-0.2, -0.15) is 0 Å². The molecule has 0 aliphatic rings. The van der Waals surface area contributed by atoms with E-state index < -0.39 is 13.7 Å². The van der Waals surface area contributed by atoms with Crippen molar-refractivity contribution in [1.29, 1.82) is 0 Å². The van der Waals surface area contributed by atoms with Crippen LogP contribution in [-0.4, -0.2) is 38.6 Å². The molecule has 6 nitrogen and oxygen atoms in total. The molecule has 0 aromatic heterocycles. The fourth-order valence-electron chi connectivity index (χ4n) is 6.49. The van der Waals surface area contributed by atoms with Gasteiger partial charge in [-0.3, -0.25) is 9.36 Å². The molecule has 0 spiro atoms. The van der Waals surface area contributed by atoms with Crippen molar-refractivity contribution in [2.45, 2.75) is 246 Å². The van der Waals surface area contributed by atoms with Crippen LogP contribution >= 0.6 is 7.60 Å². The third kappa shape index (κ3) is 42.1. The summed E-state index contributed by atoms with van der Waals surface area (Å²) in [6, 6.07) is 0. The van der Waals surface area contributed by atoms with Crippen LogP contribution in [-0.2, 0) is 27.9 Å². The Bertz CT molecular complexity index is 853. The van der Waals surface area contributed by atoms with E-state index in [1.54, 1.807) is 6.26 Å². The van der Waals surface area contributed by atoms with Gasteiger partial charge < -0.3 is 18.5 Å². The fraction of sp³-hybridized carbons (Fsp3) is 0.935. The molecule has 0 fully saturated rings. The molecule has 2 unspecified atom stereocenters. The van der Waals surface area contributed by atoms with Crippen molar-refractivity contribution in [2.24, 2.45) is 5.41 Å². The second-order valence-electron chi connectivity index (χ2n) is 17.1. The van der Waals surface area contributed by atoms with E-state index in [-0.39, 0.29) is 24.6 Å². The largest absolute Gasteiger partial charge is 0.492 e. The Morgan fingerprint density at radius 1 is 0.566 bits per heavy atom. The maximum atomic E-state index is 12.9. The van der Waals surface area contributed by atoms with Gasteiger partial charge in [0, 0.05) is 13.1 Å². The molecule has 0 aromatic carbocycles. The second-order valence-corrected chi connectivity index (χ2v) is 19.2. The molecule has 0 saturated heterocycles. The van der Waals surface area contributed by atoms with Crippen LogP contribution in [0.15, 0.2) is 12.3 Å². The topological polar surface area (TPSA) is 71.1 Å². The Morgan fingerprint density at radius 2 is 0.962 bits per heavy atom. The van der Waals surface area contributed by atoms with Gasteiger partial charge in [-0.1, -0.05) is 208 Å². The Morgan fingerprint density at radius 3 is 1.38 bits per heavy atom. The predicted molar refractivity (Wildman–Crippen MR) is 229 cm³/mol. The van der Waals surface area contributed by atoms with E-state index in [0.717, 1.165) is 32.1 Å². The molecule has 0 N–H and O–H groups in total. The van der Waals surface area contributed by atoms with E-state index in [9.17, 15) is 9.36 Å². The Balaban J connectivity index is 4.24. The van der Waals surface area contributed by atoms with Gasteiger partial charge in [0.2, 0.25) is 0 Å². The number of allylic oxidation sites excluding steroid dienone is 1. The number of hydrogen-bond acceptors (Lipinski definition) is 6. The molecule has 0 bridgehead atoms. The third-order valence-electron chi connectivity index (χ3n) is 10.2. The Kier molecular flexibility index (Phi) is 37.5. The molecule has 0 saturated carbocycles. The molecule has 0 amide bonds. The van der Waals surface area contributed by atoms with E-state index in [2.05, 4.69) is 34.6 Å². The standard InChI is InChI=1S/C46H91O6P/c1-7-9-11-13-15-17-19-21-23-25-27-29-31-33-35-37-40-49-44(43-52-53(6,48)51-41-39-46(3,4)5)42-50-45(47)38-36-34-32-30-28-26-24-22-20-18-16-14-12-10-8-2/h37,40,44H,7-36,38-39,41-43H2,1-6H3. The minimum Gasteiger partial charge on any atom is -0.492 e. The maximum Gasteiger partial charge on any atom is 0.327 e. The van der Waals surface area contributed by atoms with Crippen LogP contribution in [0.1, 0.15) is 240 Å². The van der Waals surface area contributed by atoms with Gasteiger partial charge in [0.15, 0.2) is 6.10 Å². The Labute approximate surface area is 331 Å². The summed E-state index contributed by atoms with van der Waals surface area (Å²) >= 11 is 0. The molecule has 53 heavy (non-hydrogen) atoms. The van der Waals surface area contributed by atoms with E-state index in [1.165, 1.54) is 174 Å². The number of carbonyl (C=O) groups excluding carboxylic acids is 1. The molecular weight excluding hydrogens is 679 g/mol. The lowest BCUT2D eigenvalue weighted by molar-refractivity contribution is -0.147. The lowest BCUT2D eigenvalue weighted by atomic mass is 9.93. The zero-order valence-corrected chi connectivity index (χ0v) is 37.3. The van der Waals surface area contributed by atoms with Crippen molar-refractivity contribution >= 4 is 13.6 Å². The third-order valence-corrected chi connectivity index (χ3v) is 11.4. The smallest absolute Gasteiger partial charge is 0.327 e. The lowest BCUT2D eigenvalue weighted by Crippen LogP contribution is -2.25. The maximum absolute atomic E-state index is 12.9. The quantitative estimate of drug-likeness (QED) is 0.0267. The van der Waals surface area contributed by atoms with Crippen LogP contribution in [0, 0.1) is 5.41 Å². The average molecular weight is 771 g/mol. The van der Waals surface area contributed by atoms with E-state index in [0.29, 0.717) is 13.0 Å². The van der Waals surface area contributed by atoms with Crippen molar-refractivity contribution in [3.05, 3.63) is 12.3 Å². The molecule has 0 aliphatic heterocycles. The minimum atomic E-state index is -3.25. The number of hydrogen-bond donors (Lipinski definition) is 0. The molecule has 7 heteroatoms. The van der Waals surface area contributed by atoms with Crippen LogP contribution in [0.5, 0.6) is 0 Å². The van der Waals surface area contributed by atoms with E-state index in [4.69, 9.17) is 18.5 Å². The zero-order chi connectivity index (χ0) is 39.1. The van der Waals surface area contributed by atoms with Crippen LogP contribution in [0.25, 0.3) is 0 Å². The summed E-state index contributed by atoms with van der Waals surface area (Å²) in [6.45, 7) is 12.9. The highest BCUT2D eigenvalue weighted by atomic mass is 31.2. The molecular formula is C46H91O6P. The predicted octanol–water partition coefficient (Wildman–Crippen LogP) is 15.9. The van der Waals surface area contributed by atoms with Crippen molar-refractivity contribution in [3.8, 4) is 0 Å². The number of carbonyl (C=O) groups is 1. The van der Waals surface area contributed by atoms with Gasteiger partial charge in [0.05, 0.1) is 19.5 Å². The molecule has 0 heterocycles. The van der Waals surface area contributed by atoms with Gasteiger partial charge in [-0.05, 0) is 37.2 Å². The van der Waals surface area contributed by atoms with Crippen LogP contribution < -0.4 is 0 Å². The molecule has 2 atom stereocenters. The number of ether oxygens (including phenoxy) is 2. The lowest BCUT2D eigenvalue weighted by Gasteiger charge is -2.22. The Hall–Kier alpha value is -0.840. The average Bonchev–Trinajstić information content (AvgIpc) is 3.11. The normalized spacial score (nSPS) is 13.8. The molecule has 0 aromatic rings. The summed E-state index contributed by atoms with van der Waals surface area (Å²) in [5.74, 6) is -0.208. The SMILES string of the molecule is CCCCCCCCCCCCCCCCC=COC(COC(=O)CCCCCCCCCCCCCCCCC)COP(C)(=O)OCCC(C)(C)C. The first-order chi connectivity index (χ1) is 25.6. The molecule has 0 radical (unpaired) electrons. The highest BCUT2D eigenvalue weighted by Gasteiger charge is 2.23. The van der Waals surface area contributed by atoms with Gasteiger partial charge in [-0.15, -0.1) is 0 Å². The highest BCUT2D eigenvalue weighted by Crippen LogP contribution is 2.44. The van der Waals surface area contributed by atoms with Gasteiger partial charge in [-0.25, -0.2) is 0 Å². The van der Waals surface area contributed by atoms with Gasteiger partial charge >= 0.3 is 13.6 Å². The van der Waals surface area contributed by atoms with Crippen LogP contribution in [0.3, 0.4) is 0 Å². The van der Waals surface area contributed by atoms with Crippen molar-refractivity contribution in [1.82, 2.24) is 0 Å². The first-order valence-corrected chi connectivity index (χ1v) is 24.9. The molecule has 316 valence electrons. The highest BCUT2D eigenvalue weighted by molar-refractivity contribution is 7.52. The molecule has 0 rings (SSSR count). The van der Waals surface area contributed by atoms with Gasteiger partial charge in [0.25, 0.3) is 0 Å². The number of unbranched alkanes of at least 4 members (excludes halogenated alkanes) is 28. The summed E-state index contributed by atoms with van der Waals surface area (Å²) in [4.78, 5) is 12.5. The van der Waals surface area contributed by atoms with Crippen LogP contribution in [0.2, 0.25) is 0 Å². The first-order valence-electron chi connectivity index (χ1n) is 22.9. The summed E-state index contributed by atoms with van der Waals surface area (Å²) < 4.78 is 35.7. The summed E-state index contributed by atoms with van der Waals surface area (Å²) in [6.07, 6.45) is 43.7. The first kappa shape index (κ1) is 52.2. The molecule has 0 aliphatic carbocycles. The van der Waals surface area contributed by atoms with Crippen molar-refractivity contribution in [3.63, 3.8) is 0 Å². The second kappa shape index (κ2) is 38.1. The van der Waals surface area contributed by atoms with E-state index in [1.807, 2.05) is 6.08 Å². The summed E-state index contributed by atoms with van der Waals surface area (Å²) in [5.41, 5.74) is 0.0876. The van der Waals surface area contributed by atoms with Crippen molar-refractivity contribution in [2.75, 3.05) is 26.5 Å². The van der Waals surface area contributed by atoms with E-state index >= 15 is 0 Å². The fourth-order valence-corrected chi connectivity index (χ4v) is 7.42. The number of rotatable bonds is 41. The zero-order valence-electron chi connectivity index (χ0n) is 36.4. The monoisotopic (exact) mass is 771 g/mol. The number of esters is 1. The minimum absolute atomic E-state index is 0.0404. The summed E-state index contributed by atoms with van der Waals surface area (Å²) in [7, 11) is -3.25. The van der Waals surface area contributed by atoms with Crippen molar-refractivity contribution < 1.29 is 27.9 Å².